The molecule has 150 valence electrons. The van der Waals surface area contributed by atoms with Gasteiger partial charge >= 0.3 is 5.97 Å². The molecule has 0 heterocycles. The van der Waals surface area contributed by atoms with Crippen molar-refractivity contribution in [1.29, 1.82) is 0 Å². The minimum atomic E-state index is -0.865. The van der Waals surface area contributed by atoms with Gasteiger partial charge in [0.2, 0.25) is 5.91 Å². The number of hydrogen-bond donors (Lipinski definition) is 3. The number of aromatic hydroxyl groups is 1. The number of methoxy groups -OCH3 is 1. The van der Waals surface area contributed by atoms with Gasteiger partial charge in [0, 0.05) is 12.1 Å². The van der Waals surface area contributed by atoms with Gasteiger partial charge in [-0.3, -0.25) is 4.79 Å². The fourth-order valence-electron chi connectivity index (χ4n) is 2.45. The monoisotopic (exact) mass is 536 g/mol. The van der Waals surface area contributed by atoms with E-state index in [1.54, 1.807) is 43.3 Å². The molecule has 0 saturated carbocycles. The van der Waals surface area contributed by atoms with Crippen molar-refractivity contribution in [2.24, 2.45) is 0 Å². The van der Waals surface area contributed by atoms with E-state index >= 15 is 0 Å². The van der Waals surface area contributed by atoms with E-state index in [1.165, 1.54) is 7.11 Å². The maximum Gasteiger partial charge on any atom is 0.328 e. The third kappa shape index (κ3) is 6.15. The van der Waals surface area contributed by atoms with E-state index in [1.807, 2.05) is 22.6 Å². The fraction of sp³-hybridized carbons (Fsp3) is 0.263. The van der Waals surface area contributed by atoms with Crippen LogP contribution in [0.25, 0.3) is 0 Å². The average molecular weight is 537 g/mol. The Balaban J connectivity index is 2.07. The molecule has 2 aromatic carbocycles. The highest BCUT2D eigenvalue weighted by molar-refractivity contribution is 14.1. The minimum Gasteiger partial charge on any atom is -0.507 e. The van der Waals surface area contributed by atoms with Crippen molar-refractivity contribution in [2.75, 3.05) is 12.4 Å². The molecule has 2 aromatic rings. The molecule has 1 amide bonds. The second kappa shape index (κ2) is 10.2. The van der Waals surface area contributed by atoms with Crippen molar-refractivity contribution in [3.8, 4) is 5.75 Å². The normalized spacial score (nSPS) is 12.8. The second-order valence-corrected chi connectivity index (χ2v) is 8.05. The molecule has 0 fully saturated rings. The van der Waals surface area contributed by atoms with E-state index in [-0.39, 0.29) is 18.1 Å². The number of carbonyl (C=O) groups is 2. The van der Waals surface area contributed by atoms with Crippen LogP contribution in [0.15, 0.2) is 36.4 Å². The zero-order chi connectivity index (χ0) is 20.8. The number of nitrogens with one attached hydrogen (secondary N) is 2. The lowest BCUT2D eigenvalue weighted by atomic mass is 10.1. The van der Waals surface area contributed by atoms with Crippen molar-refractivity contribution in [2.45, 2.75) is 25.4 Å². The number of rotatable bonds is 7. The second-order valence-electron chi connectivity index (χ2n) is 6.07. The van der Waals surface area contributed by atoms with Crippen LogP contribution in [-0.2, 0) is 20.7 Å². The number of esters is 1. The predicted octanol–water partition coefficient (Wildman–Crippen LogP) is 4.00. The number of hydrogen-bond acceptors (Lipinski definition) is 5. The van der Waals surface area contributed by atoms with Gasteiger partial charge < -0.3 is 20.5 Å². The van der Waals surface area contributed by atoms with Crippen LogP contribution in [0.2, 0.25) is 10.0 Å². The maximum absolute atomic E-state index is 12.6. The lowest BCUT2D eigenvalue weighted by Crippen LogP contribution is -2.48. The van der Waals surface area contributed by atoms with Crippen LogP contribution in [0.4, 0.5) is 5.69 Å². The van der Waals surface area contributed by atoms with Gasteiger partial charge in [0.1, 0.15) is 17.8 Å². The van der Waals surface area contributed by atoms with Crippen molar-refractivity contribution >= 4 is 63.4 Å². The molecule has 0 aromatic heterocycles. The molecule has 2 rings (SSSR count). The van der Waals surface area contributed by atoms with Crippen LogP contribution < -0.4 is 10.6 Å². The Hall–Kier alpha value is -1.71. The molecule has 0 aliphatic carbocycles. The molecule has 28 heavy (non-hydrogen) atoms. The number of halogens is 3. The van der Waals surface area contributed by atoms with Crippen molar-refractivity contribution in [3.63, 3.8) is 0 Å². The molecule has 2 atom stereocenters. The van der Waals surface area contributed by atoms with E-state index in [4.69, 9.17) is 27.9 Å². The molecule has 9 heteroatoms. The summed E-state index contributed by atoms with van der Waals surface area (Å²) < 4.78 is 5.46. The van der Waals surface area contributed by atoms with Gasteiger partial charge in [0.25, 0.3) is 0 Å². The quantitative estimate of drug-likeness (QED) is 0.368. The number of carbonyl (C=O) groups excluding carboxylic acids is 2. The predicted molar refractivity (Wildman–Crippen MR) is 118 cm³/mol. The van der Waals surface area contributed by atoms with Gasteiger partial charge in [-0.1, -0.05) is 29.3 Å². The number of phenolic OH excluding ortho intramolecular Hbond substituents is 1. The Morgan fingerprint density at radius 3 is 2.50 bits per heavy atom. The third-order valence-corrected chi connectivity index (χ3v) is 5.55. The lowest BCUT2D eigenvalue weighted by Gasteiger charge is -2.21. The highest BCUT2D eigenvalue weighted by Gasteiger charge is 2.25. The van der Waals surface area contributed by atoms with Crippen LogP contribution >= 0.6 is 45.8 Å². The van der Waals surface area contributed by atoms with E-state index in [0.29, 0.717) is 19.3 Å². The summed E-state index contributed by atoms with van der Waals surface area (Å²) in [5, 5.41) is 16.1. The largest absolute Gasteiger partial charge is 0.507 e. The summed E-state index contributed by atoms with van der Waals surface area (Å²) >= 11 is 13.9. The third-order valence-electron chi connectivity index (χ3n) is 3.95. The van der Waals surface area contributed by atoms with Crippen LogP contribution in [0.5, 0.6) is 5.75 Å². The van der Waals surface area contributed by atoms with Crippen LogP contribution in [-0.4, -0.2) is 36.2 Å². The van der Waals surface area contributed by atoms with Gasteiger partial charge in [0.15, 0.2) is 0 Å². The Kier molecular flexibility index (Phi) is 8.21. The Labute approximate surface area is 186 Å². The standard InChI is InChI=1S/C19H19Cl2IN2O4/c1-10(23-12-4-5-13(20)14(21)9-12)18(26)24-16(19(27)28-2)8-11-3-6-17(25)15(22)7-11/h3-7,9-10,16,23,25H,8H2,1-2H3,(H,24,26)/t10-,16-/m0/s1. The van der Waals surface area contributed by atoms with E-state index < -0.39 is 18.1 Å². The SMILES string of the molecule is COC(=O)[C@H](Cc1ccc(O)c(I)c1)NC(=O)[C@H](C)Nc1ccc(Cl)c(Cl)c1. The zero-order valence-electron chi connectivity index (χ0n) is 15.1. The number of anilines is 1. The summed E-state index contributed by atoms with van der Waals surface area (Å²) in [4.78, 5) is 24.7. The molecule has 3 N–H and O–H groups in total. The average Bonchev–Trinajstić information content (AvgIpc) is 2.66. The highest BCUT2D eigenvalue weighted by Crippen LogP contribution is 2.25. The molecule has 0 spiro atoms. The first kappa shape index (κ1) is 22.6. The summed E-state index contributed by atoms with van der Waals surface area (Å²) in [7, 11) is 1.26. The van der Waals surface area contributed by atoms with E-state index in [9.17, 15) is 14.7 Å². The van der Waals surface area contributed by atoms with Crippen molar-refractivity contribution < 1.29 is 19.4 Å². The first-order valence-electron chi connectivity index (χ1n) is 8.28. The molecule has 6 nitrogen and oxygen atoms in total. The molecule has 0 radical (unpaired) electrons. The number of ether oxygens (including phenoxy) is 1. The molecule has 0 aliphatic rings. The van der Waals surface area contributed by atoms with Crippen molar-refractivity contribution in [1.82, 2.24) is 5.32 Å². The van der Waals surface area contributed by atoms with Crippen LogP contribution in [0, 0.1) is 3.57 Å². The number of phenols is 1. The fourth-order valence-corrected chi connectivity index (χ4v) is 3.32. The first-order chi connectivity index (χ1) is 13.2. The molecular formula is C19H19Cl2IN2O4. The van der Waals surface area contributed by atoms with Crippen molar-refractivity contribution in [3.05, 3.63) is 55.6 Å². The maximum atomic E-state index is 12.6. The summed E-state index contributed by atoms with van der Waals surface area (Å²) in [5.41, 5.74) is 1.41. The number of amides is 1. The van der Waals surface area contributed by atoms with Gasteiger partial charge in [-0.25, -0.2) is 4.79 Å². The Morgan fingerprint density at radius 1 is 1.18 bits per heavy atom. The molecule has 0 unspecified atom stereocenters. The minimum absolute atomic E-state index is 0.155. The summed E-state index contributed by atoms with van der Waals surface area (Å²) in [6.45, 7) is 1.66. The summed E-state index contributed by atoms with van der Waals surface area (Å²) in [5.74, 6) is -0.782. The van der Waals surface area contributed by atoms with Crippen LogP contribution in [0.1, 0.15) is 12.5 Å². The van der Waals surface area contributed by atoms with E-state index in [0.717, 1.165) is 5.56 Å². The smallest absolute Gasteiger partial charge is 0.328 e. The Morgan fingerprint density at radius 2 is 1.89 bits per heavy atom. The topological polar surface area (TPSA) is 87.7 Å². The van der Waals surface area contributed by atoms with E-state index in [2.05, 4.69) is 10.6 Å². The first-order valence-corrected chi connectivity index (χ1v) is 10.1. The zero-order valence-corrected chi connectivity index (χ0v) is 18.8. The van der Waals surface area contributed by atoms with Gasteiger partial charge in [-0.15, -0.1) is 0 Å². The molecule has 0 aliphatic heterocycles. The molecule has 0 saturated heterocycles. The van der Waals surface area contributed by atoms with Gasteiger partial charge in [-0.05, 0) is 65.4 Å². The summed E-state index contributed by atoms with van der Waals surface area (Å²) in [6.07, 6.45) is 0.230. The molecular weight excluding hydrogens is 518 g/mol. The van der Waals surface area contributed by atoms with Crippen LogP contribution in [0.3, 0.4) is 0 Å². The highest BCUT2D eigenvalue weighted by atomic mass is 127. The summed E-state index contributed by atoms with van der Waals surface area (Å²) in [6, 6.07) is 8.42. The Bertz CT molecular complexity index is 879. The number of benzene rings is 2. The molecule has 0 bridgehead atoms. The lowest BCUT2D eigenvalue weighted by molar-refractivity contribution is -0.145. The van der Waals surface area contributed by atoms with Gasteiger partial charge in [0.05, 0.1) is 20.7 Å². The van der Waals surface area contributed by atoms with Gasteiger partial charge in [-0.2, -0.15) is 0 Å².